The standard InChI is InChI=1S/2C15H11N3O4S.C9H7NO.Cr.2K/c2*19-14-7-6-13(12-5-2-8-16-15(12)14)18-17-10-3-1-4-11(9-10)23(20,21)22;11-8-5-1-3-7-4-2-6-10-9(7)8;;;/h2*1-9,19H,(H,20,21,22);1-6,11H;;;/q;;;+3;2*+1/p-5. The topological polar surface area (TPSA) is 272 Å². The molecule has 0 atom stereocenters. The van der Waals surface area contributed by atoms with Crippen molar-refractivity contribution in [2.75, 3.05) is 0 Å². The minimum atomic E-state index is -4.55. The summed E-state index contributed by atoms with van der Waals surface area (Å²) < 4.78 is 66.0. The van der Waals surface area contributed by atoms with Gasteiger partial charge in [-0.1, -0.05) is 65.8 Å². The van der Waals surface area contributed by atoms with Gasteiger partial charge >= 0.3 is 120 Å². The molecule has 0 unspecified atom stereocenters. The average molecular weight is 929 g/mol. The molecule has 0 amide bonds. The molecule has 60 heavy (non-hydrogen) atoms. The van der Waals surface area contributed by atoms with Crippen molar-refractivity contribution in [1.82, 2.24) is 15.0 Å². The van der Waals surface area contributed by atoms with Crippen molar-refractivity contribution in [3.05, 3.63) is 146 Å². The van der Waals surface area contributed by atoms with Gasteiger partial charge in [-0.3, -0.25) is 15.0 Å². The van der Waals surface area contributed by atoms with Crippen LogP contribution >= 0.6 is 0 Å². The van der Waals surface area contributed by atoms with Crippen LogP contribution in [0.5, 0.6) is 17.2 Å². The van der Waals surface area contributed by atoms with E-state index in [2.05, 4.69) is 35.4 Å². The minimum Gasteiger partial charge on any atom is -0.871 e. The molecule has 5 aromatic carbocycles. The van der Waals surface area contributed by atoms with Gasteiger partial charge in [-0.25, -0.2) is 16.8 Å². The van der Waals surface area contributed by atoms with E-state index in [1.54, 1.807) is 36.5 Å². The van der Waals surface area contributed by atoms with E-state index < -0.39 is 20.2 Å². The molecule has 1 radical (unpaired) electrons. The van der Waals surface area contributed by atoms with Crippen molar-refractivity contribution >= 4 is 75.7 Å². The van der Waals surface area contributed by atoms with E-state index in [-0.39, 0.29) is 170 Å². The zero-order chi connectivity index (χ0) is 40.6. The number of nitrogens with zero attached hydrogens (tertiary/aromatic N) is 7. The molecule has 0 fully saturated rings. The van der Waals surface area contributed by atoms with Crippen LogP contribution in [0.2, 0.25) is 0 Å². The fourth-order valence-corrected chi connectivity index (χ4v) is 6.16. The quantitative estimate of drug-likeness (QED) is 0.126. The second-order valence-corrected chi connectivity index (χ2v) is 14.4. The summed E-state index contributed by atoms with van der Waals surface area (Å²) in [6, 6.07) is 31.7. The van der Waals surface area contributed by atoms with Gasteiger partial charge in [0.2, 0.25) is 0 Å². The summed E-state index contributed by atoms with van der Waals surface area (Å²) >= 11 is 0. The second kappa shape index (κ2) is 23.1. The van der Waals surface area contributed by atoms with Gasteiger partial charge in [-0.2, -0.15) is 10.2 Å². The van der Waals surface area contributed by atoms with E-state index in [4.69, 9.17) is 0 Å². The number of para-hydroxylation sites is 1. The molecule has 0 N–H and O–H groups in total. The molecule has 16 nitrogen and oxygen atoms in total. The van der Waals surface area contributed by atoms with Crippen LogP contribution in [0, 0.1) is 0 Å². The van der Waals surface area contributed by atoms with Gasteiger partial charge in [0.1, 0.15) is 20.2 Å². The smallest absolute Gasteiger partial charge is 0.871 e. The van der Waals surface area contributed by atoms with Crippen molar-refractivity contribution in [2.24, 2.45) is 20.5 Å². The molecular formula is C39H24CrK2N7O9S2. The number of fused-ring (bicyclic) bond motifs is 3. The number of hydrogen-bond acceptors (Lipinski definition) is 16. The molecule has 0 saturated heterocycles. The molecule has 0 aliphatic rings. The maximum absolute atomic E-state index is 11.7. The molecule has 3 heterocycles. The summed E-state index contributed by atoms with van der Waals surface area (Å²) in [6.45, 7) is 0. The molecule has 289 valence electrons. The second-order valence-electron chi connectivity index (χ2n) is 11.6. The maximum Gasteiger partial charge on any atom is 3.00 e. The van der Waals surface area contributed by atoms with Crippen molar-refractivity contribution in [3.8, 4) is 17.2 Å². The summed E-state index contributed by atoms with van der Waals surface area (Å²) in [5.41, 5.74) is 2.37. The molecule has 0 bridgehead atoms. The average Bonchev–Trinajstić information content (AvgIpc) is 3.21. The Labute approximate surface area is 439 Å². The van der Waals surface area contributed by atoms with Crippen molar-refractivity contribution in [1.29, 1.82) is 0 Å². The first kappa shape index (κ1) is 50.9. The van der Waals surface area contributed by atoms with Crippen LogP contribution in [0.3, 0.4) is 0 Å². The zero-order valence-electron chi connectivity index (χ0n) is 31.4. The number of pyridine rings is 3. The molecule has 8 aromatic rings. The Kier molecular flexibility index (Phi) is 19.6. The first-order valence-corrected chi connectivity index (χ1v) is 19.2. The van der Waals surface area contributed by atoms with Crippen LogP contribution in [0.25, 0.3) is 32.7 Å². The number of hydrogen-bond donors (Lipinski definition) is 0. The van der Waals surface area contributed by atoms with E-state index >= 15 is 0 Å². The van der Waals surface area contributed by atoms with Gasteiger partial charge in [0.05, 0.1) is 49.1 Å². The zero-order valence-corrected chi connectivity index (χ0v) is 40.5. The summed E-state index contributed by atoms with van der Waals surface area (Å²) in [5.74, 6) is -0.457. The number of aromatic nitrogens is 3. The van der Waals surface area contributed by atoms with Crippen molar-refractivity contribution in [2.45, 2.75) is 9.79 Å². The van der Waals surface area contributed by atoms with Crippen molar-refractivity contribution in [3.63, 3.8) is 0 Å². The summed E-state index contributed by atoms with van der Waals surface area (Å²) in [7, 11) is -9.10. The Balaban J connectivity index is 0.000000247. The van der Waals surface area contributed by atoms with Gasteiger partial charge < -0.3 is 24.4 Å². The van der Waals surface area contributed by atoms with Gasteiger partial charge in [0.25, 0.3) is 0 Å². The Morgan fingerprint density at radius 1 is 0.433 bits per heavy atom. The van der Waals surface area contributed by atoms with Gasteiger partial charge in [0.15, 0.2) is 0 Å². The molecular weight excluding hydrogens is 905 g/mol. The van der Waals surface area contributed by atoms with E-state index in [0.29, 0.717) is 27.7 Å². The Morgan fingerprint density at radius 2 is 0.817 bits per heavy atom. The predicted octanol–water partition coefficient (Wildman–Crippen LogP) is 0.570. The van der Waals surface area contributed by atoms with E-state index in [9.17, 15) is 41.3 Å². The van der Waals surface area contributed by atoms with Crippen LogP contribution in [0.4, 0.5) is 22.7 Å². The van der Waals surface area contributed by atoms with Gasteiger partial charge in [-0.15, -0.1) is 10.2 Å². The van der Waals surface area contributed by atoms with Gasteiger partial charge in [0, 0.05) is 29.4 Å². The van der Waals surface area contributed by atoms with E-state index in [1.165, 1.54) is 79.1 Å². The fourth-order valence-electron chi connectivity index (χ4n) is 5.14. The van der Waals surface area contributed by atoms with Crippen LogP contribution in [0.1, 0.15) is 0 Å². The number of benzene rings is 5. The summed E-state index contributed by atoms with van der Waals surface area (Å²) in [5, 5.41) is 52.4. The Morgan fingerprint density at radius 3 is 1.25 bits per heavy atom. The van der Waals surface area contributed by atoms with Crippen LogP contribution < -0.4 is 118 Å². The SMILES string of the molecule is O=S(=O)([O-])c1cccc(N=Nc2ccc([O-])c3ncccc23)c1.O=S(=O)([O-])c1cccc(N=Nc2ccc([O-])c3ncccc23)c1.[Cr+3].[K+].[K+].[O-]c1cccc2cccnc12. The third-order valence-electron chi connectivity index (χ3n) is 7.77. The molecule has 0 saturated carbocycles. The first-order valence-electron chi connectivity index (χ1n) is 16.3. The largest absolute Gasteiger partial charge is 3.00 e. The number of rotatable bonds is 6. The molecule has 3 aromatic heterocycles. The van der Waals surface area contributed by atoms with Gasteiger partial charge in [-0.05, 0) is 84.2 Å². The third kappa shape index (κ3) is 13.5. The molecule has 21 heteroatoms. The number of azo groups is 2. The fraction of sp³-hybridized carbons (Fsp3) is 0. The summed E-state index contributed by atoms with van der Waals surface area (Å²) in [6.07, 6.45) is 4.64. The van der Waals surface area contributed by atoms with E-state index in [1.807, 2.05) is 18.2 Å². The van der Waals surface area contributed by atoms with Crippen LogP contribution in [-0.2, 0) is 37.6 Å². The Bertz CT molecular complexity index is 2890. The predicted molar refractivity (Wildman–Crippen MR) is 201 cm³/mol. The maximum atomic E-state index is 11.7. The molecule has 0 spiro atoms. The molecule has 8 rings (SSSR count). The summed E-state index contributed by atoms with van der Waals surface area (Å²) in [4.78, 5) is 11.2. The van der Waals surface area contributed by atoms with Crippen LogP contribution in [0.15, 0.2) is 176 Å². The van der Waals surface area contributed by atoms with Crippen LogP contribution in [-0.4, -0.2) is 40.9 Å². The molecule has 0 aliphatic heterocycles. The minimum absolute atomic E-state index is 0. The normalized spacial score (nSPS) is 11.1. The first-order chi connectivity index (χ1) is 27.3. The van der Waals surface area contributed by atoms with Crippen molar-refractivity contribution < 1.29 is 161 Å². The third-order valence-corrected chi connectivity index (χ3v) is 9.44. The molecule has 0 aliphatic carbocycles. The van der Waals surface area contributed by atoms with E-state index in [0.717, 1.165) is 17.5 Å². The Hall–Kier alpha value is -3.44. The monoisotopic (exact) mass is 928 g/mol.